The zero-order chi connectivity index (χ0) is 11.4. The van der Waals surface area contributed by atoms with Crippen LogP contribution in [-0.4, -0.2) is 24.7 Å². The van der Waals surface area contributed by atoms with Crippen LogP contribution in [0.5, 0.6) is 0 Å². The number of aryl methyl sites for hydroxylation is 1. The van der Waals surface area contributed by atoms with E-state index in [4.69, 9.17) is 4.74 Å². The molecule has 1 N–H and O–H groups in total. The van der Waals surface area contributed by atoms with E-state index in [1.54, 1.807) is 11.3 Å². The predicted octanol–water partition coefficient (Wildman–Crippen LogP) is 2.53. The van der Waals surface area contributed by atoms with Crippen molar-refractivity contribution in [1.82, 2.24) is 10.3 Å². The highest BCUT2D eigenvalue weighted by Gasteiger charge is 2.16. The molecule has 3 nitrogen and oxygen atoms in total. The molecule has 2 atom stereocenters. The summed E-state index contributed by atoms with van der Waals surface area (Å²) in [4.78, 5) is 4.50. The maximum atomic E-state index is 5.47. The van der Waals surface area contributed by atoms with Crippen molar-refractivity contribution in [3.63, 3.8) is 0 Å². The molecule has 1 aromatic heterocycles. The number of rotatable bonds is 4. The molecule has 1 saturated heterocycles. The standard InChI is InChI=1S/C12H20N2OS/c1-9-8-16-12(14-9)10(2)13-6-11-4-3-5-15-7-11/h8,10-11,13H,3-7H2,1-2H3. The van der Waals surface area contributed by atoms with Gasteiger partial charge in [0.05, 0.1) is 12.6 Å². The molecule has 16 heavy (non-hydrogen) atoms. The molecule has 0 radical (unpaired) electrons. The molecule has 1 aliphatic rings. The van der Waals surface area contributed by atoms with Crippen LogP contribution in [0.15, 0.2) is 5.38 Å². The van der Waals surface area contributed by atoms with Gasteiger partial charge in [-0.2, -0.15) is 0 Å². The third kappa shape index (κ3) is 3.27. The summed E-state index contributed by atoms with van der Waals surface area (Å²) in [5.41, 5.74) is 1.12. The topological polar surface area (TPSA) is 34.1 Å². The van der Waals surface area contributed by atoms with Crippen molar-refractivity contribution in [2.24, 2.45) is 5.92 Å². The number of nitrogens with one attached hydrogen (secondary N) is 1. The van der Waals surface area contributed by atoms with E-state index in [1.165, 1.54) is 17.8 Å². The van der Waals surface area contributed by atoms with Crippen LogP contribution < -0.4 is 5.32 Å². The van der Waals surface area contributed by atoms with Crippen LogP contribution in [-0.2, 0) is 4.74 Å². The summed E-state index contributed by atoms with van der Waals surface area (Å²) in [6.07, 6.45) is 2.49. The van der Waals surface area contributed by atoms with E-state index < -0.39 is 0 Å². The summed E-state index contributed by atoms with van der Waals surface area (Å²) in [6, 6.07) is 0.362. The van der Waals surface area contributed by atoms with Gasteiger partial charge in [0.15, 0.2) is 0 Å². The highest BCUT2D eigenvalue weighted by atomic mass is 32.1. The van der Waals surface area contributed by atoms with Crippen molar-refractivity contribution in [3.05, 3.63) is 16.1 Å². The highest BCUT2D eigenvalue weighted by molar-refractivity contribution is 7.09. The summed E-state index contributed by atoms with van der Waals surface area (Å²) in [7, 11) is 0. The molecule has 2 unspecified atom stereocenters. The third-order valence-electron chi connectivity index (χ3n) is 2.97. The van der Waals surface area contributed by atoms with E-state index in [0.717, 1.165) is 25.5 Å². The van der Waals surface area contributed by atoms with Gasteiger partial charge in [0.2, 0.25) is 0 Å². The molecule has 1 fully saturated rings. The SMILES string of the molecule is Cc1csc(C(C)NCC2CCCOC2)n1. The molecule has 0 aliphatic carbocycles. The van der Waals surface area contributed by atoms with Gasteiger partial charge < -0.3 is 10.1 Å². The quantitative estimate of drug-likeness (QED) is 0.878. The van der Waals surface area contributed by atoms with E-state index in [1.807, 2.05) is 6.92 Å². The molecular weight excluding hydrogens is 220 g/mol. The first-order valence-electron chi connectivity index (χ1n) is 5.99. The van der Waals surface area contributed by atoms with Gasteiger partial charge in [-0.25, -0.2) is 4.98 Å². The molecule has 0 amide bonds. The maximum Gasteiger partial charge on any atom is 0.110 e. The van der Waals surface area contributed by atoms with Gasteiger partial charge in [0.25, 0.3) is 0 Å². The second kappa shape index (κ2) is 5.75. The Labute approximate surface area is 101 Å². The summed E-state index contributed by atoms with van der Waals surface area (Å²) < 4.78 is 5.47. The lowest BCUT2D eigenvalue weighted by Crippen LogP contribution is -2.30. The van der Waals surface area contributed by atoms with Gasteiger partial charge in [-0.3, -0.25) is 0 Å². The monoisotopic (exact) mass is 240 g/mol. The van der Waals surface area contributed by atoms with E-state index in [0.29, 0.717) is 12.0 Å². The van der Waals surface area contributed by atoms with Crippen LogP contribution in [0, 0.1) is 12.8 Å². The molecule has 0 aromatic carbocycles. The number of hydrogen-bond donors (Lipinski definition) is 1. The van der Waals surface area contributed by atoms with Crippen LogP contribution in [0.25, 0.3) is 0 Å². The molecule has 0 saturated carbocycles. The number of thiazole rings is 1. The van der Waals surface area contributed by atoms with E-state index >= 15 is 0 Å². The lowest BCUT2D eigenvalue weighted by Gasteiger charge is -2.23. The van der Waals surface area contributed by atoms with Crippen molar-refractivity contribution >= 4 is 11.3 Å². The molecule has 1 aliphatic heterocycles. The first-order valence-corrected chi connectivity index (χ1v) is 6.87. The summed E-state index contributed by atoms with van der Waals surface area (Å²) in [5.74, 6) is 0.678. The van der Waals surface area contributed by atoms with Gasteiger partial charge in [-0.1, -0.05) is 0 Å². The first kappa shape index (κ1) is 12.0. The molecule has 90 valence electrons. The number of aromatic nitrogens is 1. The smallest absolute Gasteiger partial charge is 0.110 e. The maximum absolute atomic E-state index is 5.47. The van der Waals surface area contributed by atoms with Crippen LogP contribution in [0.4, 0.5) is 0 Å². The third-order valence-corrected chi connectivity index (χ3v) is 4.12. The second-order valence-electron chi connectivity index (χ2n) is 4.54. The Morgan fingerprint density at radius 2 is 2.56 bits per heavy atom. The van der Waals surface area contributed by atoms with Crippen molar-refractivity contribution in [2.45, 2.75) is 32.7 Å². The first-order chi connectivity index (χ1) is 7.75. The fourth-order valence-electron chi connectivity index (χ4n) is 1.97. The Balaban J connectivity index is 1.76. The zero-order valence-electron chi connectivity index (χ0n) is 10.0. The summed E-state index contributed by atoms with van der Waals surface area (Å²) >= 11 is 1.74. The van der Waals surface area contributed by atoms with Crippen LogP contribution in [0.1, 0.15) is 36.5 Å². The molecule has 1 aromatic rings. The zero-order valence-corrected chi connectivity index (χ0v) is 10.8. The predicted molar refractivity (Wildman–Crippen MR) is 66.8 cm³/mol. The van der Waals surface area contributed by atoms with Gasteiger partial charge >= 0.3 is 0 Å². The molecular formula is C12H20N2OS. The van der Waals surface area contributed by atoms with Gasteiger partial charge in [-0.05, 0) is 32.6 Å². The highest BCUT2D eigenvalue weighted by Crippen LogP contribution is 2.19. The Morgan fingerprint density at radius 3 is 3.19 bits per heavy atom. The average Bonchev–Trinajstić information content (AvgIpc) is 2.74. The molecule has 4 heteroatoms. The molecule has 2 heterocycles. The normalized spacial score (nSPS) is 23.2. The lowest BCUT2D eigenvalue weighted by atomic mass is 10.0. The van der Waals surface area contributed by atoms with Gasteiger partial charge in [0.1, 0.15) is 5.01 Å². The number of ether oxygens (including phenoxy) is 1. The van der Waals surface area contributed by atoms with Crippen molar-refractivity contribution < 1.29 is 4.74 Å². The minimum atomic E-state index is 0.362. The van der Waals surface area contributed by atoms with Crippen LogP contribution >= 0.6 is 11.3 Å². The van der Waals surface area contributed by atoms with Gasteiger partial charge in [-0.15, -0.1) is 11.3 Å². The fraction of sp³-hybridized carbons (Fsp3) is 0.750. The van der Waals surface area contributed by atoms with E-state index in [-0.39, 0.29) is 0 Å². The largest absolute Gasteiger partial charge is 0.381 e. The Morgan fingerprint density at radius 1 is 1.69 bits per heavy atom. The summed E-state index contributed by atoms with van der Waals surface area (Å²) in [6.45, 7) is 7.12. The average molecular weight is 240 g/mol. The van der Waals surface area contributed by atoms with Crippen LogP contribution in [0.2, 0.25) is 0 Å². The summed E-state index contributed by atoms with van der Waals surface area (Å²) in [5, 5.41) is 6.85. The molecule has 2 rings (SSSR count). The Kier molecular flexibility index (Phi) is 4.32. The Bertz CT molecular complexity index is 321. The van der Waals surface area contributed by atoms with E-state index in [2.05, 4.69) is 22.6 Å². The van der Waals surface area contributed by atoms with Crippen molar-refractivity contribution in [3.8, 4) is 0 Å². The minimum absolute atomic E-state index is 0.362. The van der Waals surface area contributed by atoms with Crippen molar-refractivity contribution in [2.75, 3.05) is 19.8 Å². The lowest BCUT2D eigenvalue weighted by molar-refractivity contribution is 0.0540. The fourth-order valence-corrected chi connectivity index (χ4v) is 2.80. The molecule has 0 bridgehead atoms. The molecule has 0 spiro atoms. The van der Waals surface area contributed by atoms with Gasteiger partial charge in [0, 0.05) is 24.2 Å². The minimum Gasteiger partial charge on any atom is -0.381 e. The second-order valence-corrected chi connectivity index (χ2v) is 5.43. The van der Waals surface area contributed by atoms with Crippen molar-refractivity contribution in [1.29, 1.82) is 0 Å². The van der Waals surface area contributed by atoms with Crippen LogP contribution in [0.3, 0.4) is 0 Å². The number of nitrogens with zero attached hydrogens (tertiary/aromatic N) is 1. The van der Waals surface area contributed by atoms with E-state index in [9.17, 15) is 0 Å². The Hall–Kier alpha value is -0.450. The number of hydrogen-bond acceptors (Lipinski definition) is 4.